The maximum atomic E-state index is 2.34. The molecule has 0 amide bonds. The highest BCUT2D eigenvalue weighted by molar-refractivity contribution is 5.15. The Bertz CT molecular complexity index is 426. The minimum Gasteiger partial charge on any atom is -0.0651 e. The van der Waals surface area contributed by atoms with Gasteiger partial charge in [0.2, 0.25) is 0 Å². The number of aryl methyl sites for hydroxylation is 2. The van der Waals surface area contributed by atoms with Crippen LogP contribution >= 0.6 is 0 Å². The maximum Gasteiger partial charge on any atom is -0.0279 e. The molecule has 0 saturated heterocycles. The van der Waals surface area contributed by atoms with E-state index >= 15 is 0 Å². The molecule has 0 nitrogen and oxygen atoms in total. The average molecular weight is 280 g/mol. The molecule has 0 fully saturated rings. The number of benzene rings is 2. The maximum absolute atomic E-state index is 2.34. The van der Waals surface area contributed by atoms with E-state index < -0.39 is 0 Å². The molecule has 0 aliphatic heterocycles. The second kappa shape index (κ2) is 9.39. The molecule has 0 atom stereocenters. The Labute approximate surface area is 130 Å². The van der Waals surface area contributed by atoms with Crippen LogP contribution in [0.5, 0.6) is 0 Å². The second-order valence-corrected chi connectivity index (χ2v) is 6.03. The molecule has 2 aromatic rings. The lowest BCUT2D eigenvalue weighted by molar-refractivity contribution is 0.412. The first kappa shape index (κ1) is 15.8. The van der Waals surface area contributed by atoms with Crippen molar-refractivity contribution in [2.75, 3.05) is 0 Å². The Morgan fingerprint density at radius 1 is 0.667 bits per heavy atom. The van der Waals surface area contributed by atoms with Gasteiger partial charge in [-0.15, -0.1) is 0 Å². The van der Waals surface area contributed by atoms with Crippen molar-refractivity contribution in [3.8, 4) is 0 Å². The first-order chi connectivity index (χ1) is 10.4. The Hall–Kier alpha value is -1.56. The Kier molecular flexibility index (Phi) is 7.07. The normalized spacial score (nSPS) is 11.0. The molecule has 0 radical (unpaired) electrons. The summed E-state index contributed by atoms with van der Waals surface area (Å²) in [5.74, 6) is 0.900. The van der Waals surface area contributed by atoms with Crippen LogP contribution in [-0.2, 0) is 12.8 Å². The van der Waals surface area contributed by atoms with E-state index in [1.807, 2.05) is 0 Å². The van der Waals surface area contributed by atoms with Crippen molar-refractivity contribution in [1.29, 1.82) is 0 Å². The summed E-state index contributed by atoms with van der Waals surface area (Å²) in [5.41, 5.74) is 2.97. The quantitative estimate of drug-likeness (QED) is 0.524. The second-order valence-electron chi connectivity index (χ2n) is 6.03. The van der Waals surface area contributed by atoms with Crippen molar-refractivity contribution in [3.05, 3.63) is 71.8 Å². The Morgan fingerprint density at radius 3 is 1.48 bits per heavy atom. The van der Waals surface area contributed by atoms with E-state index in [0.717, 1.165) is 5.92 Å². The van der Waals surface area contributed by atoms with Gasteiger partial charge in [0.25, 0.3) is 0 Å². The van der Waals surface area contributed by atoms with Gasteiger partial charge in [-0.1, -0.05) is 86.8 Å². The smallest absolute Gasteiger partial charge is 0.0279 e. The molecular weight excluding hydrogens is 252 g/mol. The fourth-order valence-corrected chi connectivity index (χ4v) is 3.03. The van der Waals surface area contributed by atoms with Crippen LogP contribution in [-0.4, -0.2) is 0 Å². The average Bonchev–Trinajstić information content (AvgIpc) is 2.55. The fourth-order valence-electron chi connectivity index (χ4n) is 3.03. The summed E-state index contributed by atoms with van der Waals surface area (Å²) in [4.78, 5) is 0. The van der Waals surface area contributed by atoms with Gasteiger partial charge in [0.05, 0.1) is 0 Å². The summed E-state index contributed by atoms with van der Waals surface area (Å²) in [6, 6.07) is 21.8. The van der Waals surface area contributed by atoms with Gasteiger partial charge in [-0.05, 0) is 42.7 Å². The van der Waals surface area contributed by atoms with Crippen molar-refractivity contribution in [2.45, 2.75) is 51.9 Å². The molecule has 0 heteroatoms. The predicted molar refractivity (Wildman–Crippen MR) is 92.5 cm³/mol. The van der Waals surface area contributed by atoms with E-state index in [-0.39, 0.29) is 0 Å². The van der Waals surface area contributed by atoms with Gasteiger partial charge in [0.1, 0.15) is 0 Å². The molecule has 21 heavy (non-hydrogen) atoms. The van der Waals surface area contributed by atoms with Crippen molar-refractivity contribution in [1.82, 2.24) is 0 Å². The molecule has 0 aliphatic carbocycles. The standard InChI is InChI=1S/C21H28/c1-2-19(15-9-17-20-11-5-3-6-12-20)16-10-18-21-13-7-4-8-14-21/h3-8,11-14,19H,2,9-10,15-18H2,1H3. The van der Waals surface area contributed by atoms with Crippen LogP contribution in [0.15, 0.2) is 60.7 Å². The molecule has 2 rings (SSSR count). The monoisotopic (exact) mass is 280 g/mol. The highest BCUT2D eigenvalue weighted by Crippen LogP contribution is 2.20. The van der Waals surface area contributed by atoms with Crippen LogP contribution in [0.4, 0.5) is 0 Å². The first-order valence-electron chi connectivity index (χ1n) is 8.46. The van der Waals surface area contributed by atoms with Crippen molar-refractivity contribution in [2.24, 2.45) is 5.92 Å². The summed E-state index contributed by atoms with van der Waals surface area (Å²) in [6.07, 6.45) is 9.19. The topological polar surface area (TPSA) is 0 Å². The van der Waals surface area contributed by atoms with Gasteiger partial charge < -0.3 is 0 Å². The third kappa shape index (κ3) is 6.16. The number of hydrogen-bond donors (Lipinski definition) is 0. The zero-order chi connectivity index (χ0) is 14.8. The van der Waals surface area contributed by atoms with E-state index in [0.29, 0.717) is 0 Å². The van der Waals surface area contributed by atoms with Gasteiger partial charge in [-0.3, -0.25) is 0 Å². The van der Waals surface area contributed by atoms with Gasteiger partial charge in [0.15, 0.2) is 0 Å². The lowest BCUT2D eigenvalue weighted by Gasteiger charge is -2.14. The molecule has 0 unspecified atom stereocenters. The summed E-state index contributed by atoms with van der Waals surface area (Å²) < 4.78 is 0. The van der Waals surface area contributed by atoms with Crippen LogP contribution in [0.25, 0.3) is 0 Å². The van der Waals surface area contributed by atoms with Gasteiger partial charge in [-0.25, -0.2) is 0 Å². The van der Waals surface area contributed by atoms with Crippen molar-refractivity contribution < 1.29 is 0 Å². The van der Waals surface area contributed by atoms with Crippen LogP contribution < -0.4 is 0 Å². The third-order valence-electron chi connectivity index (χ3n) is 4.42. The van der Waals surface area contributed by atoms with E-state index in [1.54, 1.807) is 0 Å². The number of hydrogen-bond acceptors (Lipinski definition) is 0. The zero-order valence-corrected chi connectivity index (χ0v) is 13.3. The van der Waals surface area contributed by atoms with E-state index in [1.165, 1.54) is 56.1 Å². The molecular formula is C21H28. The minimum atomic E-state index is 0.900. The summed E-state index contributed by atoms with van der Waals surface area (Å²) in [5, 5.41) is 0. The van der Waals surface area contributed by atoms with Crippen molar-refractivity contribution in [3.63, 3.8) is 0 Å². The highest BCUT2D eigenvalue weighted by atomic mass is 14.1. The lowest BCUT2D eigenvalue weighted by atomic mass is 9.91. The van der Waals surface area contributed by atoms with Crippen molar-refractivity contribution >= 4 is 0 Å². The Morgan fingerprint density at radius 2 is 1.10 bits per heavy atom. The molecule has 0 bridgehead atoms. The highest BCUT2D eigenvalue weighted by Gasteiger charge is 2.06. The van der Waals surface area contributed by atoms with E-state index in [4.69, 9.17) is 0 Å². The third-order valence-corrected chi connectivity index (χ3v) is 4.42. The predicted octanol–water partition coefficient (Wildman–Crippen LogP) is 6.06. The molecule has 112 valence electrons. The molecule has 0 N–H and O–H groups in total. The van der Waals surface area contributed by atoms with Gasteiger partial charge in [-0.2, -0.15) is 0 Å². The summed E-state index contributed by atoms with van der Waals surface area (Å²) in [6.45, 7) is 2.34. The minimum absolute atomic E-state index is 0.900. The first-order valence-corrected chi connectivity index (χ1v) is 8.46. The van der Waals surface area contributed by atoms with E-state index in [2.05, 4.69) is 67.6 Å². The summed E-state index contributed by atoms with van der Waals surface area (Å²) in [7, 11) is 0. The van der Waals surface area contributed by atoms with Crippen LogP contribution in [0, 0.1) is 5.92 Å². The molecule has 0 spiro atoms. The van der Waals surface area contributed by atoms with Gasteiger partial charge >= 0.3 is 0 Å². The number of rotatable bonds is 9. The molecule has 0 aromatic heterocycles. The molecule has 0 aliphatic rings. The van der Waals surface area contributed by atoms with Gasteiger partial charge in [0, 0.05) is 0 Å². The fraction of sp³-hybridized carbons (Fsp3) is 0.429. The van der Waals surface area contributed by atoms with E-state index in [9.17, 15) is 0 Å². The lowest BCUT2D eigenvalue weighted by Crippen LogP contribution is -2.01. The summed E-state index contributed by atoms with van der Waals surface area (Å²) >= 11 is 0. The zero-order valence-electron chi connectivity index (χ0n) is 13.3. The van der Waals surface area contributed by atoms with Crippen LogP contribution in [0.1, 0.15) is 50.2 Å². The SMILES string of the molecule is CCC(CCCc1ccccc1)CCCc1ccccc1. The molecule has 2 aromatic carbocycles. The molecule has 0 heterocycles. The van der Waals surface area contributed by atoms with Crippen LogP contribution in [0.3, 0.4) is 0 Å². The largest absolute Gasteiger partial charge is 0.0651 e. The Balaban J connectivity index is 1.64. The van der Waals surface area contributed by atoms with Crippen LogP contribution in [0.2, 0.25) is 0 Å². The molecule has 0 saturated carbocycles.